The molecule has 8 nitrogen and oxygen atoms in total. The fourth-order valence-electron chi connectivity index (χ4n) is 2.37. The van der Waals surface area contributed by atoms with E-state index in [1.165, 1.54) is 30.2 Å². The van der Waals surface area contributed by atoms with Crippen LogP contribution in [0.2, 0.25) is 0 Å². The molecule has 1 N–H and O–H groups in total. The van der Waals surface area contributed by atoms with Crippen LogP contribution in [0, 0.1) is 0 Å². The highest BCUT2D eigenvalue weighted by Crippen LogP contribution is 2.26. The minimum Gasteiger partial charge on any atom is -0.496 e. The fourth-order valence-corrected chi connectivity index (χ4v) is 3.77. The molecule has 2 rings (SSSR count). The first-order chi connectivity index (χ1) is 10.8. The lowest BCUT2D eigenvalue weighted by molar-refractivity contribution is -0.136. The van der Waals surface area contributed by atoms with Crippen LogP contribution in [0.3, 0.4) is 0 Å². The van der Waals surface area contributed by atoms with Gasteiger partial charge in [0.15, 0.2) is 0 Å². The number of amides is 1. The van der Waals surface area contributed by atoms with E-state index in [-0.39, 0.29) is 36.0 Å². The number of nitrogens with zero attached hydrogens (tertiary/aromatic N) is 2. The molecular weight excluding hydrogens is 324 g/mol. The quantitative estimate of drug-likeness (QED) is 0.788. The summed E-state index contributed by atoms with van der Waals surface area (Å²) in [6, 6.07) is 4.04. The van der Waals surface area contributed by atoms with E-state index in [4.69, 9.17) is 9.84 Å². The highest BCUT2D eigenvalue weighted by Gasteiger charge is 2.35. The summed E-state index contributed by atoms with van der Waals surface area (Å²) in [6.07, 6.45) is -0.355. The van der Waals surface area contributed by atoms with Crippen LogP contribution in [0.4, 0.5) is 0 Å². The number of benzene rings is 1. The van der Waals surface area contributed by atoms with Gasteiger partial charge in [-0.1, -0.05) is 0 Å². The van der Waals surface area contributed by atoms with Crippen molar-refractivity contribution in [3.8, 4) is 5.75 Å². The van der Waals surface area contributed by atoms with Crippen LogP contribution in [0.15, 0.2) is 23.1 Å². The zero-order valence-electron chi connectivity index (χ0n) is 12.9. The van der Waals surface area contributed by atoms with E-state index in [1.54, 1.807) is 6.92 Å². The monoisotopic (exact) mass is 342 g/mol. The highest BCUT2D eigenvalue weighted by molar-refractivity contribution is 7.89. The third kappa shape index (κ3) is 3.45. The molecule has 1 aromatic carbocycles. The van der Waals surface area contributed by atoms with Crippen molar-refractivity contribution < 1.29 is 27.9 Å². The largest absolute Gasteiger partial charge is 0.496 e. The van der Waals surface area contributed by atoms with E-state index in [0.717, 1.165) is 4.31 Å². The number of hydrogen-bond donors (Lipinski definition) is 1. The third-order valence-electron chi connectivity index (χ3n) is 3.61. The number of rotatable bonds is 6. The first-order valence-electron chi connectivity index (χ1n) is 6.96. The molecule has 0 unspecified atom stereocenters. The molecule has 0 bridgehead atoms. The molecule has 0 aromatic heterocycles. The summed E-state index contributed by atoms with van der Waals surface area (Å²) in [4.78, 5) is 24.0. The number of carboxylic acids is 1. The lowest BCUT2D eigenvalue weighted by atomic mass is 10.1. The van der Waals surface area contributed by atoms with Gasteiger partial charge in [0.25, 0.3) is 0 Å². The molecule has 0 atom stereocenters. The standard InChI is InChI=1S/C14H18N2O6S/c1-3-15-9-16(8-13(15)17)23(20,21)11-4-5-12(22-2)10(6-11)7-14(18)19/h4-6H,3,7-9H2,1-2H3,(H,18,19). The highest BCUT2D eigenvalue weighted by atomic mass is 32.2. The Kier molecular flexibility index (Phi) is 4.90. The number of sulfonamides is 1. The number of likely N-dealkylation sites (N-methyl/N-ethyl adjacent to an activating group) is 1. The van der Waals surface area contributed by atoms with Crippen molar-refractivity contribution in [2.45, 2.75) is 18.2 Å². The molecule has 9 heteroatoms. The molecule has 1 heterocycles. The Bertz CT molecular complexity index is 731. The van der Waals surface area contributed by atoms with Gasteiger partial charge in [0, 0.05) is 12.1 Å². The van der Waals surface area contributed by atoms with Crippen LogP contribution in [-0.4, -0.2) is 61.5 Å². The maximum Gasteiger partial charge on any atom is 0.307 e. The SMILES string of the molecule is CCN1CN(S(=O)(=O)c2ccc(OC)c(CC(=O)O)c2)CC1=O. The van der Waals surface area contributed by atoms with Gasteiger partial charge in [0.05, 0.1) is 31.6 Å². The molecule has 126 valence electrons. The molecule has 0 radical (unpaired) electrons. The van der Waals surface area contributed by atoms with Gasteiger partial charge < -0.3 is 14.7 Å². The van der Waals surface area contributed by atoms with Gasteiger partial charge in [-0.2, -0.15) is 4.31 Å². The van der Waals surface area contributed by atoms with Gasteiger partial charge in [0.2, 0.25) is 15.9 Å². The van der Waals surface area contributed by atoms with Crippen molar-refractivity contribution in [3.05, 3.63) is 23.8 Å². The van der Waals surface area contributed by atoms with Crippen LogP contribution in [0.25, 0.3) is 0 Å². The average Bonchev–Trinajstić information content (AvgIpc) is 2.88. The molecule has 1 aliphatic heterocycles. The summed E-state index contributed by atoms with van der Waals surface area (Å²) in [5.41, 5.74) is 0.263. The van der Waals surface area contributed by atoms with E-state index in [1.807, 2.05) is 0 Å². The van der Waals surface area contributed by atoms with Crippen molar-refractivity contribution in [1.29, 1.82) is 0 Å². The van der Waals surface area contributed by atoms with E-state index in [9.17, 15) is 18.0 Å². The van der Waals surface area contributed by atoms with E-state index in [2.05, 4.69) is 0 Å². The Hall–Kier alpha value is -2.13. The summed E-state index contributed by atoms with van der Waals surface area (Å²) < 4.78 is 31.4. The predicted molar refractivity (Wildman–Crippen MR) is 80.5 cm³/mol. The molecule has 1 aromatic rings. The molecule has 0 spiro atoms. The lowest BCUT2D eigenvalue weighted by Gasteiger charge is -2.17. The van der Waals surface area contributed by atoms with Crippen molar-refractivity contribution in [3.63, 3.8) is 0 Å². The first-order valence-corrected chi connectivity index (χ1v) is 8.40. The number of methoxy groups -OCH3 is 1. The van der Waals surface area contributed by atoms with Gasteiger partial charge in [-0.3, -0.25) is 9.59 Å². The molecule has 1 amide bonds. The van der Waals surface area contributed by atoms with Gasteiger partial charge in [-0.15, -0.1) is 0 Å². The number of carbonyl (C=O) groups excluding carboxylic acids is 1. The number of aliphatic carboxylic acids is 1. The number of ether oxygens (including phenoxy) is 1. The van der Waals surface area contributed by atoms with Crippen LogP contribution in [0.1, 0.15) is 12.5 Å². The molecular formula is C14H18N2O6S. The minimum atomic E-state index is -3.88. The molecule has 0 aliphatic carbocycles. The first kappa shape index (κ1) is 17.2. The van der Waals surface area contributed by atoms with Crippen LogP contribution >= 0.6 is 0 Å². The topological polar surface area (TPSA) is 104 Å². The summed E-state index contributed by atoms with van der Waals surface area (Å²) in [5, 5.41) is 8.93. The lowest BCUT2D eigenvalue weighted by Crippen LogP contribution is -2.31. The number of carboxylic acid groups (broad SMARTS) is 1. The Balaban J connectivity index is 2.37. The van der Waals surface area contributed by atoms with Crippen molar-refractivity contribution in [1.82, 2.24) is 9.21 Å². The number of carbonyl (C=O) groups is 2. The molecule has 1 aliphatic rings. The van der Waals surface area contributed by atoms with Gasteiger partial charge >= 0.3 is 5.97 Å². The third-order valence-corrected chi connectivity index (χ3v) is 5.38. The second-order valence-electron chi connectivity index (χ2n) is 5.05. The van der Waals surface area contributed by atoms with Crippen molar-refractivity contribution >= 4 is 21.9 Å². The zero-order chi connectivity index (χ0) is 17.2. The summed E-state index contributed by atoms with van der Waals surface area (Å²) >= 11 is 0. The summed E-state index contributed by atoms with van der Waals surface area (Å²) in [6.45, 7) is 1.98. The minimum absolute atomic E-state index is 0.00202. The molecule has 0 saturated carbocycles. The molecule has 1 fully saturated rings. The average molecular weight is 342 g/mol. The van der Waals surface area contributed by atoms with E-state index >= 15 is 0 Å². The normalized spacial score (nSPS) is 15.9. The van der Waals surface area contributed by atoms with Gasteiger partial charge in [-0.05, 0) is 25.1 Å². The van der Waals surface area contributed by atoms with Crippen LogP contribution in [-0.2, 0) is 26.0 Å². The van der Waals surface area contributed by atoms with E-state index < -0.39 is 16.0 Å². The fraction of sp³-hybridized carbons (Fsp3) is 0.429. The van der Waals surface area contributed by atoms with Crippen LogP contribution in [0.5, 0.6) is 5.75 Å². The second-order valence-corrected chi connectivity index (χ2v) is 6.99. The maximum atomic E-state index is 12.6. The maximum absolute atomic E-state index is 12.6. The summed E-state index contributed by atoms with van der Waals surface area (Å²) in [5.74, 6) is -1.04. The number of hydrogen-bond acceptors (Lipinski definition) is 5. The molecule has 1 saturated heterocycles. The predicted octanol–water partition coefficient (Wildman–Crippen LogP) is 0.133. The summed E-state index contributed by atoms with van der Waals surface area (Å²) in [7, 11) is -2.49. The van der Waals surface area contributed by atoms with Gasteiger partial charge in [-0.25, -0.2) is 8.42 Å². The van der Waals surface area contributed by atoms with Crippen molar-refractivity contribution in [2.75, 3.05) is 26.9 Å². The Morgan fingerprint density at radius 1 is 1.39 bits per heavy atom. The van der Waals surface area contributed by atoms with Gasteiger partial charge in [0.1, 0.15) is 5.75 Å². The second kappa shape index (κ2) is 6.55. The Labute approximate surface area is 134 Å². The van der Waals surface area contributed by atoms with Crippen LogP contribution < -0.4 is 4.74 Å². The molecule has 23 heavy (non-hydrogen) atoms. The van der Waals surface area contributed by atoms with E-state index in [0.29, 0.717) is 12.3 Å². The van der Waals surface area contributed by atoms with Crippen molar-refractivity contribution in [2.24, 2.45) is 0 Å². The smallest absolute Gasteiger partial charge is 0.307 e. The Morgan fingerprint density at radius 2 is 2.09 bits per heavy atom. The Morgan fingerprint density at radius 3 is 2.61 bits per heavy atom. The zero-order valence-corrected chi connectivity index (χ0v) is 13.7.